The van der Waals surface area contributed by atoms with E-state index in [0.717, 1.165) is 37.6 Å². The van der Waals surface area contributed by atoms with Crippen LogP contribution in [0.5, 0.6) is 11.5 Å². The van der Waals surface area contributed by atoms with E-state index in [2.05, 4.69) is 76.2 Å². The van der Waals surface area contributed by atoms with Crippen LogP contribution in [0, 0.1) is 0 Å². The molecule has 0 spiro atoms. The van der Waals surface area contributed by atoms with Crippen LogP contribution < -0.4 is 9.47 Å². The second-order valence-corrected chi connectivity index (χ2v) is 24.0. The number of unbranched alkanes of at least 4 members (excludes halogenated alkanes) is 50. The SMILES string of the molecule is CCCCCCCCCCCCCCCCCCCCCCCCCCCCOc1ccc(C(C)(C)c2ccc(OCCCCCCCCCCCCCCCCCCCCCCCCCCCC)cc2)cc1. The number of hydrogen-bond donors (Lipinski definition) is 0. The van der Waals surface area contributed by atoms with Crippen molar-refractivity contribution >= 4 is 0 Å². The third-order valence-electron chi connectivity index (χ3n) is 16.7. The smallest absolute Gasteiger partial charge is 0.119 e. The van der Waals surface area contributed by atoms with Gasteiger partial charge in [0.2, 0.25) is 0 Å². The van der Waals surface area contributed by atoms with Crippen LogP contribution in [0.15, 0.2) is 48.5 Å². The van der Waals surface area contributed by atoms with E-state index in [0.29, 0.717) is 0 Å². The lowest BCUT2D eigenvalue weighted by Crippen LogP contribution is -2.18. The zero-order valence-corrected chi connectivity index (χ0v) is 50.1. The van der Waals surface area contributed by atoms with Gasteiger partial charge in [0.1, 0.15) is 11.5 Å². The van der Waals surface area contributed by atoms with Gasteiger partial charge in [-0.1, -0.05) is 373 Å². The Kier molecular flexibility index (Phi) is 47.9. The Balaban J connectivity index is 1.32. The Morgan fingerprint density at radius 1 is 0.219 bits per heavy atom. The van der Waals surface area contributed by atoms with Crippen LogP contribution in [0.4, 0.5) is 0 Å². The average Bonchev–Trinajstić information content (AvgIpc) is 3.40. The fourth-order valence-electron chi connectivity index (χ4n) is 11.3. The molecule has 0 saturated carbocycles. The van der Waals surface area contributed by atoms with Crippen molar-refractivity contribution in [3.8, 4) is 11.5 Å². The molecule has 2 aromatic carbocycles. The minimum Gasteiger partial charge on any atom is -0.494 e. The average molecular weight is 1010 g/mol. The van der Waals surface area contributed by atoms with Crippen molar-refractivity contribution < 1.29 is 9.47 Å². The topological polar surface area (TPSA) is 18.5 Å². The van der Waals surface area contributed by atoms with Gasteiger partial charge in [-0.05, 0) is 48.2 Å². The normalized spacial score (nSPS) is 11.8. The largest absolute Gasteiger partial charge is 0.494 e. The first kappa shape index (κ1) is 67.2. The van der Waals surface area contributed by atoms with Gasteiger partial charge >= 0.3 is 0 Å². The first-order valence-corrected chi connectivity index (χ1v) is 33.5. The van der Waals surface area contributed by atoms with Gasteiger partial charge < -0.3 is 9.47 Å². The highest BCUT2D eigenvalue weighted by Crippen LogP contribution is 2.34. The molecule has 0 fully saturated rings. The summed E-state index contributed by atoms with van der Waals surface area (Å²) >= 11 is 0. The summed E-state index contributed by atoms with van der Waals surface area (Å²) in [6, 6.07) is 17.7. The van der Waals surface area contributed by atoms with E-state index in [4.69, 9.17) is 9.47 Å². The van der Waals surface area contributed by atoms with Crippen LogP contribution in [-0.2, 0) is 5.41 Å². The van der Waals surface area contributed by atoms with E-state index < -0.39 is 0 Å². The third-order valence-corrected chi connectivity index (χ3v) is 16.7. The molecule has 0 unspecified atom stereocenters. The molecule has 2 aromatic rings. The van der Waals surface area contributed by atoms with Gasteiger partial charge in [0, 0.05) is 5.41 Å². The Hall–Kier alpha value is -1.96. The molecule has 0 aromatic heterocycles. The molecule has 2 rings (SSSR count). The van der Waals surface area contributed by atoms with Crippen molar-refractivity contribution in [2.75, 3.05) is 13.2 Å². The van der Waals surface area contributed by atoms with Crippen LogP contribution in [0.1, 0.15) is 373 Å². The van der Waals surface area contributed by atoms with Crippen molar-refractivity contribution in [3.05, 3.63) is 59.7 Å². The second kappa shape index (κ2) is 52.1. The second-order valence-electron chi connectivity index (χ2n) is 24.0. The van der Waals surface area contributed by atoms with Crippen LogP contribution in [0.3, 0.4) is 0 Å². The van der Waals surface area contributed by atoms with Crippen LogP contribution in [-0.4, -0.2) is 13.2 Å². The van der Waals surface area contributed by atoms with Crippen LogP contribution in [0.25, 0.3) is 0 Å². The van der Waals surface area contributed by atoms with Crippen molar-refractivity contribution in [1.29, 1.82) is 0 Å². The highest BCUT2D eigenvalue weighted by atomic mass is 16.5. The van der Waals surface area contributed by atoms with Crippen LogP contribution >= 0.6 is 0 Å². The molecule has 0 radical (unpaired) electrons. The van der Waals surface area contributed by atoms with Crippen molar-refractivity contribution in [1.82, 2.24) is 0 Å². The maximum Gasteiger partial charge on any atom is 0.119 e. The summed E-state index contributed by atoms with van der Waals surface area (Å²) in [5.41, 5.74) is 2.56. The van der Waals surface area contributed by atoms with Gasteiger partial charge in [-0.25, -0.2) is 0 Å². The standard InChI is InChI=1S/C71H128O2/c1-5-7-9-11-13-15-17-19-21-23-25-27-29-31-33-35-37-39-41-43-45-47-49-51-53-55-65-72-69-61-57-67(58-62-69)71(3,4)68-59-63-70(64-60-68)73-66-56-54-52-50-48-46-44-42-40-38-36-34-32-30-28-26-24-22-20-18-16-14-12-10-8-6-2/h57-64H,5-56,65-66H2,1-4H3. The molecule has 0 bridgehead atoms. The van der Waals surface area contributed by atoms with Gasteiger partial charge in [0.05, 0.1) is 13.2 Å². The zero-order chi connectivity index (χ0) is 52.1. The molecule has 0 N–H and O–H groups in total. The molecule has 2 heteroatoms. The molecule has 0 heterocycles. The molecular formula is C71H128O2. The number of benzene rings is 2. The summed E-state index contributed by atoms with van der Waals surface area (Å²) in [6.07, 6.45) is 74.5. The van der Waals surface area contributed by atoms with Crippen LogP contribution in [0.2, 0.25) is 0 Å². The van der Waals surface area contributed by atoms with Gasteiger partial charge in [0.25, 0.3) is 0 Å². The van der Waals surface area contributed by atoms with Gasteiger partial charge in [-0.3, -0.25) is 0 Å². The van der Waals surface area contributed by atoms with E-state index in [-0.39, 0.29) is 5.41 Å². The summed E-state index contributed by atoms with van der Waals surface area (Å²) in [5, 5.41) is 0. The Morgan fingerprint density at radius 3 is 0.534 bits per heavy atom. The molecule has 0 aliphatic heterocycles. The molecule has 73 heavy (non-hydrogen) atoms. The highest BCUT2D eigenvalue weighted by Gasteiger charge is 2.23. The molecule has 0 aliphatic rings. The fourth-order valence-corrected chi connectivity index (χ4v) is 11.3. The number of hydrogen-bond acceptors (Lipinski definition) is 2. The predicted molar refractivity (Wildman–Crippen MR) is 327 cm³/mol. The summed E-state index contributed by atoms with van der Waals surface area (Å²) < 4.78 is 12.3. The summed E-state index contributed by atoms with van der Waals surface area (Å²) in [6.45, 7) is 10.9. The maximum absolute atomic E-state index is 6.16. The van der Waals surface area contributed by atoms with Gasteiger partial charge in [0.15, 0.2) is 0 Å². The monoisotopic (exact) mass is 1010 g/mol. The Labute approximate surface area is 458 Å². The zero-order valence-electron chi connectivity index (χ0n) is 50.1. The number of rotatable bonds is 58. The summed E-state index contributed by atoms with van der Waals surface area (Å²) in [4.78, 5) is 0. The van der Waals surface area contributed by atoms with Gasteiger partial charge in [-0.15, -0.1) is 0 Å². The maximum atomic E-state index is 6.16. The minimum absolute atomic E-state index is 0.0756. The first-order valence-electron chi connectivity index (χ1n) is 33.5. The van der Waals surface area contributed by atoms with E-state index in [1.165, 1.54) is 332 Å². The third kappa shape index (κ3) is 41.8. The molecule has 0 aliphatic carbocycles. The first-order chi connectivity index (χ1) is 36.1. The van der Waals surface area contributed by atoms with Crippen molar-refractivity contribution in [2.24, 2.45) is 0 Å². The lowest BCUT2D eigenvalue weighted by atomic mass is 9.78. The molecule has 0 atom stereocenters. The lowest BCUT2D eigenvalue weighted by Gasteiger charge is -2.26. The fraction of sp³-hybridized carbons (Fsp3) is 0.831. The Morgan fingerprint density at radius 2 is 0.370 bits per heavy atom. The molecule has 2 nitrogen and oxygen atoms in total. The quantitative estimate of drug-likeness (QED) is 0.0615. The predicted octanol–water partition coefficient (Wildman–Crippen LogP) is 25.1. The van der Waals surface area contributed by atoms with E-state index in [1.807, 2.05) is 0 Å². The molecule has 0 amide bonds. The highest BCUT2D eigenvalue weighted by molar-refractivity contribution is 5.41. The Bertz CT molecular complexity index is 1260. The molecule has 0 saturated heterocycles. The summed E-state index contributed by atoms with van der Waals surface area (Å²) in [7, 11) is 0. The molecule has 424 valence electrons. The lowest BCUT2D eigenvalue weighted by molar-refractivity contribution is 0.304. The van der Waals surface area contributed by atoms with E-state index >= 15 is 0 Å². The van der Waals surface area contributed by atoms with E-state index in [1.54, 1.807) is 0 Å². The molecular weight excluding hydrogens is 885 g/mol. The van der Waals surface area contributed by atoms with Crippen molar-refractivity contribution in [2.45, 2.75) is 367 Å². The van der Waals surface area contributed by atoms with Crippen molar-refractivity contribution in [3.63, 3.8) is 0 Å². The number of ether oxygens (including phenoxy) is 2. The van der Waals surface area contributed by atoms with Gasteiger partial charge in [-0.2, -0.15) is 0 Å². The summed E-state index contributed by atoms with van der Waals surface area (Å²) in [5.74, 6) is 1.99. The minimum atomic E-state index is -0.0756. The van der Waals surface area contributed by atoms with E-state index in [9.17, 15) is 0 Å².